The highest BCUT2D eigenvalue weighted by molar-refractivity contribution is 7.90. The Morgan fingerprint density at radius 1 is 1.13 bits per heavy atom. The van der Waals surface area contributed by atoms with Crippen molar-refractivity contribution in [3.8, 4) is 0 Å². The van der Waals surface area contributed by atoms with Gasteiger partial charge in [-0.25, -0.2) is 8.42 Å². The molecule has 2 N–H and O–H groups in total. The number of sulfonamides is 1. The Bertz CT molecular complexity index is 1160. The zero-order valence-corrected chi connectivity index (χ0v) is 16.6. The van der Waals surface area contributed by atoms with E-state index >= 15 is 0 Å². The molecule has 0 bridgehead atoms. The number of amides is 2. The third kappa shape index (κ3) is 4.33. The number of hydrogen-bond donors (Lipinski definition) is 2. The lowest BCUT2D eigenvalue weighted by molar-refractivity contribution is -0.117. The molecule has 0 atom stereocenters. The highest BCUT2D eigenvalue weighted by Gasteiger charge is 2.29. The zero-order chi connectivity index (χ0) is 21.1. The second-order valence-electron chi connectivity index (χ2n) is 6.63. The molecule has 2 aromatic rings. The van der Waals surface area contributed by atoms with Gasteiger partial charge in [0.1, 0.15) is 0 Å². The first kappa shape index (κ1) is 19.6. The Morgan fingerprint density at radius 2 is 1.93 bits per heavy atom. The van der Waals surface area contributed by atoms with Crippen LogP contribution >= 0.6 is 0 Å². The average molecular weight is 426 g/mol. The molecule has 1 aromatic heterocycles. The van der Waals surface area contributed by atoms with Crippen molar-refractivity contribution in [1.82, 2.24) is 10.2 Å². The number of nitrogens with one attached hydrogen (secondary N) is 2. The van der Waals surface area contributed by atoms with Gasteiger partial charge in [-0.1, -0.05) is 12.1 Å². The zero-order valence-electron chi connectivity index (χ0n) is 15.7. The Balaban J connectivity index is 1.38. The maximum atomic E-state index is 12.6. The average Bonchev–Trinajstić information content (AvgIpc) is 3.27. The number of carbonyl (C=O) groups excluding carboxylic acids is 2. The van der Waals surface area contributed by atoms with E-state index in [1.165, 1.54) is 6.26 Å². The summed E-state index contributed by atoms with van der Waals surface area (Å²) in [5.41, 5.74) is 1.59. The van der Waals surface area contributed by atoms with Gasteiger partial charge >= 0.3 is 0 Å². The predicted molar refractivity (Wildman–Crippen MR) is 110 cm³/mol. The molecular weight excluding hydrogens is 408 g/mol. The summed E-state index contributed by atoms with van der Waals surface area (Å²) in [5.74, 6) is -0.514. The van der Waals surface area contributed by atoms with Crippen LogP contribution in [-0.2, 0) is 21.4 Å². The summed E-state index contributed by atoms with van der Waals surface area (Å²) in [6.45, 7) is 0.486. The summed E-state index contributed by atoms with van der Waals surface area (Å²) in [4.78, 5) is 26.2. The molecule has 1 aromatic carbocycles. The van der Waals surface area contributed by atoms with Crippen LogP contribution in [0.5, 0.6) is 0 Å². The first-order chi connectivity index (χ1) is 14.4. The Kier molecular flexibility index (Phi) is 5.23. The highest BCUT2D eigenvalue weighted by atomic mass is 32.2. The van der Waals surface area contributed by atoms with Crippen LogP contribution in [0, 0.1) is 0 Å². The molecule has 0 radical (unpaired) electrons. The largest absolute Gasteiger partial charge is 0.459 e. The molecule has 2 aliphatic rings. The van der Waals surface area contributed by atoms with E-state index in [9.17, 15) is 18.0 Å². The topological polar surface area (TPSA) is 121 Å². The third-order valence-corrected chi connectivity index (χ3v) is 5.66. The lowest BCUT2D eigenvalue weighted by Gasteiger charge is -2.28. The van der Waals surface area contributed by atoms with Crippen LogP contribution in [0.2, 0.25) is 0 Å². The van der Waals surface area contributed by atoms with E-state index in [2.05, 4.69) is 15.0 Å². The van der Waals surface area contributed by atoms with Crippen molar-refractivity contribution >= 4 is 33.4 Å². The standard InChI is InChI=1S/C20H18N4O5S/c25-19(16-3-1-9-24-10-12-30(27,28)23-18(16)24)21-13-14-5-7-15(8-6-14)22-20(26)17-4-2-11-29-17/h1-9,11H,10,12-13H2,(H,21,25)(H,22,26). The van der Waals surface area contributed by atoms with E-state index < -0.39 is 15.9 Å². The second-order valence-corrected chi connectivity index (χ2v) is 8.38. The van der Waals surface area contributed by atoms with E-state index in [1.807, 2.05) is 0 Å². The summed E-state index contributed by atoms with van der Waals surface area (Å²) in [5, 5.41) is 5.48. The van der Waals surface area contributed by atoms with Gasteiger partial charge in [0.15, 0.2) is 11.6 Å². The first-order valence-corrected chi connectivity index (χ1v) is 10.7. The molecule has 9 nitrogen and oxygen atoms in total. The van der Waals surface area contributed by atoms with Crippen LogP contribution < -0.4 is 10.6 Å². The smallest absolute Gasteiger partial charge is 0.291 e. The molecule has 30 heavy (non-hydrogen) atoms. The SMILES string of the molecule is O=C(NCc1ccc(NC(=O)c2ccco2)cc1)C1=CC=CN2CCS(=O)(=O)N=C12. The monoisotopic (exact) mass is 426 g/mol. The fraction of sp³-hybridized carbons (Fsp3) is 0.150. The fourth-order valence-corrected chi connectivity index (χ4v) is 3.96. The van der Waals surface area contributed by atoms with E-state index in [0.29, 0.717) is 5.69 Å². The quantitative estimate of drug-likeness (QED) is 0.750. The van der Waals surface area contributed by atoms with Gasteiger partial charge in [0, 0.05) is 25.0 Å². The van der Waals surface area contributed by atoms with Gasteiger partial charge in [0.2, 0.25) is 0 Å². The molecule has 0 spiro atoms. The van der Waals surface area contributed by atoms with E-state index in [4.69, 9.17) is 4.42 Å². The summed E-state index contributed by atoms with van der Waals surface area (Å²) >= 11 is 0. The summed E-state index contributed by atoms with van der Waals surface area (Å²) in [6, 6.07) is 10.2. The lowest BCUT2D eigenvalue weighted by Crippen LogP contribution is -2.42. The van der Waals surface area contributed by atoms with Crippen LogP contribution in [0.3, 0.4) is 0 Å². The maximum absolute atomic E-state index is 12.6. The number of carbonyl (C=O) groups is 2. The second kappa shape index (κ2) is 7.99. The molecule has 2 aliphatic heterocycles. The molecule has 0 fully saturated rings. The molecule has 0 aliphatic carbocycles. The van der Waals surface area contributed by atoms with Crippen molar-refractivity contribution in [3.63, 3.8) is 0 Å². The number of furan rings is 1. The number of anilines is 1. The number of amidine groups is 1. The maximum Gasteiger partial charge on any atom is 0.291 e. The summed E-state index contributed by atoms with van der Waals surface area (Å²) in [6.07, 6.45) is 6.34. The molecule has 0 unspecified atom stereocenters. The van der Waals surface area contributed by atoms with Crippen molar-refractivity contribution in [1.29, 1.82) is 0 Å². The summed E-state index contributed by atoms with van der Waals surface area (Å²) in [7, 11) is -3.57. The van der Waals surface area contributed by atoms with Gasteiger partial charge in [-0.2, -0.15) is 0 Å². The Hall–Kier alpha value is -3.66. The first-order valence-electron chi connectivity index (χ1n) is 9.11. The molecular formula is C20H18N4O5S. The summed E-state index contributed by atoms with van der Waals surface area (Å²) < 4.78 is 32.4. The minimum absolute atomic E-state index is 0.0848. The number of allylic oxidation sites excluding steroid dienone is 2. The van der Waals surface area contributed by atoms with Crippen molar-refractivity contribution in [3.05, 3.63) is 77.9 Å². The molecule has 3 heterocycles. The molecule has 2 amide bonds. The lowest BCUT2D eigenvalue weighted by atomic mass is 10.1. The van der Waals surface area contributed by atoms with Gasteiger partial charge in [0.05, 0.1) is 17.6 Å². The van der Waals surface area contributed by atoms with Crippen molar-refractivity contribution in [2.24, 2.45) is 4.40 Å². The van der Waals surface area contributed by atoms with Gasteiger partial charge in [-0.05, 0) is 42.0 Å². The predicted octanol–water partition coefficient (Wildman–Crippen LogP) is 1.65. The van der Waals surface area contributed by atoms with E-state index in [0.717, 1.165) is 5.56 Å². The highest BCUT2D eigenvalue weighted by Crippen LogP contribution is 2.18. The van der Waals surface area contributed by atoms with Gasteiger partial charge in [-0.3, -0.25) is 9.59 Å². The number of nitrogens with zero attached hydrogens (tertiary/aromatic N) is 2. The van der Waals surface area contributed by atoms with Crippen LogP contribution in [0.25, 0.3) is 0 Å². The van der Waals surface area contributed by atoms with Crippen molar-refractivity contribution < 1.29 is 22.4 Å². The minimum atomic E-state index is -3.57. The van der Waals surface area contributed by atoms with E-state index in [-0.39, 0.29) is 41.9 Å². The van der Waals surface area contributed by atoms with Crippen LogP contribution in [0.4, 0.5) is 5.69 Å². The van der Waals surface area contributed by atoms with Crippen LogP contribution in [0.1, 0.15) is 16.1 Å². The van der Waals surface area contributed by atoms with Gasteiger partial charge in [0.25, 0.3) is 21.8 Å². The molecule has 0 saturated heterocycles. The third-order valence-electron chi connectivity index (χ3n) is 4.51. The number of benzene rings is 1. The molecule has 154 valence electrons. The van der Waals surface area contributed by atoms with E-state index in [1.54, 1.807) is 59.7 Å². The van der Waals surface area contributed by atoms with Gasteiger partial charge < -0.3 is 20.0 Å². The van der Waals surface area contributed by atoms with Crippen LogP contribution in [0.15, 0.2) is 75.4 Å². The molecule has 4 rings (SSSR count). The number of fused-ring (bicyclic) bond motifs is 1. The number of hydrogen-bond acceptors (Lipinski definition) is 6. The minimum Gasteiger partial charge on any atom is -0.459 e. The van der Waals surface area contributed by atoms with Crippen LogP contribution in [-0.4, -0.2) is 43.3 Å². The Morgan fingerprint density at radius 3 is 2.67 bits per heavy atom. The van der Waals surface area contributed by atoms with Crippen molar-refractivity contribution in [2.45, 2.75) is 6.54 Å². The molecule has 0 saturated carbocycles. The van der Waals surface area contributed by atoms with Gasteiger partial charge in [-0.15, -0.1) is 4.40 Å². The number of rotatable bonds is 5. The molecule has 10 heteroatoms. The Labute approximate surface area is 172 Å². The fourth-order valence-electron chi connectivity index (χ4n) is 2.98. The van der Waals surface area contributed by atoms with Crippen molar-refractivity contribution in [2.75, 3.05) is 17.6 Å². The normalized spacial score (nSPS) is 16.9.